The summed E-state index contributed by atoms with van der Waals surface area (Å²) in [5.74, 6) is 0.140. The van der Waals surface area contributed by atoms with Crippen LogP contribution in [0.3, 0.4) is 0 Å². The highest BCUT2D eigenvalue weighted by Gasteiger charge is 2.19. The van der Waals surface area contributed by atoms with Gasteiger partial charge in [-0.25, -0.2) is 0 Å². The maximum absolute atomic E-state index is 12.2. The quantitative estimate of drug-likeness (QED) is 0.829. The van der Waals surface area contributed by atoms with Crippen molar-refractivity contribution in [2.45, 2.75) is 64.8 Å². The average molecular weight is 265 g/mol. The molecule has 1 aliphatic carbocycles. The third-order valence-electron chi connectivity index (χ3n) is 3.58. The van der Waals surface area contributed by atoms with Gasteiger partial charge in [0.1, 0.15) is 0 Å². The van der Waals surface area contributed by atoms with Gasteiger partial charge >= 0.3 is 0 Å². The molecule has 18 heavy (non-hydrogen) atoms. The Hall–Kier alpha value is -0.830. The number of thiophene rings is 1. The molecule has 1 aliphatic rings. The van der Waals surface area contributed by atoms with Gasteiger partial charge < -0.3 is 5.32 Å². The Labute approximate surface area is 114 Å². The first-order valence-electron chi connectivity index (χ1n) is 7.17. The van der Waals surface area contributed by atoms with Crippen molar-refractivity contribution in [3.63, 3.8) is 0 Å². The van der Waals surface area contributed by atoms with E-state index in [-0.39, 0.29) is 5.91 Å². The molecule has 0 atom stereocenters. The molecule has 0 aliphatic heterocycles. The SMILES string of the molecule is CCCC(CCC)NC(=O)c1cc2c(s1)CCC2. The van der Waals surface area contributed by atoms with Gasteiger partial charge in [0.15, 0.2) is 0 Å². The van der Waals surface area contributed by atoms with Gasteiger partial charge in [0.2, 0.25) is 0 Å². The molecular weight excluding hydrogens is 242 g/mol. The zero-order chi connectivity index (χ0) is 13.0. The van der Waals surface area contributed by atoms with Crippen LogP contribution in [0.4, 0.5) is 0 Å². The highest BCUT2D eigenvalue weighted by molar-refractivity contribution is 7.14. The van der Waals surface area contributed by atoms with E-state index < -0.39 is 0 Å². The number of rotatable bonds is 6. The van der Waals surface area contributed by atoms with Gasteiger partial charge in [-0.05, 0) is 43.7 Å². The normalized spacial score (nSPS) is 13.9. The molecule has 0 aromatic carbocycles. The van der Waals surface area contributed by atoms with Gasteiger partial charge in [-0.2, -0.15) is 0 Å². The van der Waals surface area contributed by atoms with Crippen molar-refractivity contribution in [3.8, 4) is 0 Å². The lowest BCUT2D eigenvalue weighted by Crippen LogP contribution is -2.34. The number of amides is 1. The minimum atomic E-state index is 0.140. The van der Waals surface area contributed by atoms with E-state index >= 15 is 0 Å². The number of fused-ring (bicyclic) bond motifs is 1. The van der Waals surface area contributed by atoms with Crippen molar-refractivity contribution in [1.82, 2.24) is 5.32 Å². The topological polar surface area (TPSA) is 29.1 Å². The smallest absolute Gasteiger partial charge is 0.261 e. The lowest BCUT2D eigenvalue weighted by molar-refractivity contribution is 0.0936. The molecular formula is C15H23NOS. The summed E-state index contributed by atoms with van der Waals surface area (Å²) in [5, 5.41) is 3.20. The lowest BCUT2D eigenvalue weighted by Gasteiger charge is -2.16. The van der Waals surface area contributed by atoms with Crippen molar-refractivity contribution < 1.29 is 4.79 Å². The summed E-state index contributed by atoms with van der Waals surface area (Å²) < 4.78 is 0. The zero-order valence-electron chi connectivity index (χ0n) is 11.4. The molecule has 0 saturated carbocycles. The zero-order valence-corrected chi connectivity index (χ0v) is 12.2. The average Bonchev–Trinajstić information content (AvgIpc) is 2.89. The molecule has 0 fully saturated rings. The Bertz CT molecular complexity index is 383. The number of carbonyl (C=O) groups is 1. The van der Waals surface area contributed by atoms with E-state index in [1.807, 2.05) is 0 Å². The standard InChI is InChI=1S/C15H23NOS/c1-3-6-12(7-4-2)16-15(17)14-10-11-8-5-9-13(11)18-14/h10,12H,3-9H2,1-2H3,(H,16,17). The van der Waals surface area contributed by atoms with Gasteiger partial charge in [0, 0.05) is 10.9 Å². The number of carbonyl (C=O) groups excluding carboxylic acids is 1. The van der Waals surface area contributed by atoms with E-state index in [0.29, 0.717) is 6.04 Å². The van der Waals surface area contributed by atoms with Crippen LogP contribution in [0.1, 0.15) is 66.1 Å². The lowest BCUT2D eigenvalue weighted by atomic mass is 10.1. The first-order valence-corrected chi connectivity index (χ1v) is 7.98. The monoisotopic (exact) mass is 265 g/mol. The summed E-state index contributed by atoms with van der Waals surface area (Å²) in [4.78, 5) is 14.6. The summed E-state index contributed by atoms with van der Waals surface area (Å²) in [7, 11) is 0. The molecule has 0 radical (unpaired) electrons. The first-order chi connectivity index (χ1) is 8.74. The molecule has 100 valence electrons. The molecule has 0 saturated heterocycles. The fourth-order valence-electron chi connectivity index (χ4n) is 2.68. The van der Waals surface area contributed by atoms with Gasteiger partial charge in [-0.3, -0.25) is 4.79 Å². The van der Waals surface area contributed by atoms with Crippen LogP contribution < -0.4 is 5.32 Å². The van der Waals surface area contributed by atoms with E-state index in [4.69, 9.17) is 0 Å². The highest BCUT2D eigenvalue weighted by atomic mass is 32.1. The Morgan fingerprint density at radius 3 is 2.67 bits per heavy atom. The largest absolute Gasteiger partial charge is 0.349 e. The van der Waals surface area contributed by atoms with Crippen LogP contribution in [0.5, 0.6) is 0 Å². The molecule has 3 heteroatoms. The van der Waals surface area contributed by atoms with Crippen molar-refractivity contribution in [1.29, 1.82) is 0 Å². The highest BCUT2D eigenvalue weighted by Crippen LogP contribution is 2.30. The number of nitrogens with one attached hydrogen (secondary N) is 1. The summed E-state index contributed by atoms with van der Waals surface area (Å²) in [6.07, 6.45) is 8.03. The molecule has 1 amide bonds. The van der Waals surface area contributed by atoms with E-state index in [1.165, 1.54) is 23.3 Å². The number of aryl methyl sites for hydroxylation is 2. The van der Waals surface area contributed by atoms with E-state index in [9.17, 15) is 4.79 Å². The second-order valence-corrected chi connectivity index (χ2v) is 6.30. The summed E-state index contributed by atoms with van der Waals surface area (Å²) in [5.41, 5.74) is 1.41. The Kier molecular flexibility index (Phi) is 4.81. The first kappa shape index (κ1) is 13.6. The Morgan fingerprint density at radius 2 is 2.06 bits per heavy atom. The second-order valence-electron chi connectivity index (χ2n) is 5.16. The van der Waals surface area contributed by atoms with E-state index in [0.717, 1.165) is 37.0 Å². The predicted octanol–water partition coefficient (Wildman–Crippen LogP) is 3.94. The summed E-state index contributed by atoms with van der Waals surface area (Å²) in [6.45, 7) is 4.35. The van der Waals surface area contributed by atoms with Gasteiger partial charge in [0.05, 0.1) is 4.88 Å². The van der Waals surface area contributed by atoms with Crippen LogP contribution >= 0.6 is 11.3 Å². The van der Waals surface area contributed by atoms with E-state index in [2.05, 4.69) is 25.2 Å². The minimum absolute atomic E-state index is 0.140. The van der Waals surface area contributed by atoms with Crippen LogP contribution in [0.25, 0.3) is 0 Å². The Morgan fingerprint density at radius 1 is 1.33 bits per heavy atom. The molecule has 2 nitrogen and oxygen atoms in total. The van der Waals surface area contributed by atoms with Crippen molar-refractivity contribution >= 4 is 17.2 Å². The predicted molar refractivity (Wildman–Crippen MR) is 77.4 cm³/mol. The van der Waals surface area contributed by atoms with Crippen LogP contribution in [0.15, 0.2) is 6.07 Å². The number of hydrogen-bond donors (Lipinski definition) is 1. The summed E-state index contributed by atoms with van der Waals surface area (Å²) >= 11 is 1.70. The summed E-state index contributed by atoms with van der Waals surface area (Å²) in [6, 6.07) is 2.46. The molecule has 0 unspecified atom stereocenters. The van der Waals surface area contributed by atoms with Crippen molar-refractivity contribution in [3.05, 3.63) is 21.4 Å². The fraction of sp³-hybridized carbons (Fsp3) is 0.667. The maximum Gasteiger partial charge on any atom is 0.261 e. The molecule has 0 bridgehead atoms. The molecule has 1 heterocycles. The third-order valence-corrected chi connectivity index (χ3v) is 4.82. The Balaban J connectivity index is 1.97. The molecule has 0 spiro atoms. The maximum atomic E-state index is 12.2. The molecule has 1 N–H and O–H groups in total. The molecule has 1 aromatic heterocycles. The van der Waals surface area contributed by atoms with Gasteiger partial charge in [-0.15, -0.1) is 11.3 Å². The van der Waals surface area contributed by atoms with Crippen LogP contribution in [-0.4, -0.2) is 11.9 Å². The van der Waals surface area contributed by atoms with Crippen LogP contribution in [0.2, 0.25) is 0 Å². The third kappa shape index (κ3) is 3.14. The van der Waals surface area contributed by atoms with Gasteiger partial charge in [-0.1, -0.05) is 26.7 Å². The second kappa shape index (κ2) is 6.37. The fourth-order valence-corrected chi connectivity index (χ4v) is 3.84. The van der Waals surface area contributed by atoms with Crippen molar-refractivity contribution in [2.24, 2.45) is 0 Å². The minimum Gasteiger partial charge on any atom is -0.349 e. The van der Waals surface area contributed by atoms with E-state index in [1.54, 1.807) is 11.3 Å². The number of hydrogen-bond acceptors (Lipinski definition) is 2. The van der Waals surface area contributed by atoms with Crippen molar-refractivity contribution in [2.75, 3.05) is 0 Å². The molecule has 2 rings (SSSR count). The van der Waals surface area contributed by atoms with Crippen LogP contribution in [-0.2, 0) is 12.8 Å². The van der Waals surface area contributed by atoms with Crippen LogP contribution in [0, 0.1) is 0 Å². The molecule has 1 aromatic rings. The van der Waals surface area contributed by atoms with Gasteiger partial charge in [0.25, 0.3) is 5.91 Å².